The number of anilines is 1. The lowest BCUT2D eigenvalue weighted by Gasteiger charge is -2.34. The van der Waals surface area contributed by atoms with Crippen LogP contribution in [0, 0.1) is 0 Å². The van der Waals surface area contributed by atoms with E-state index in [0.29, 0.717) is 5.75 Å². The van der Waals surface area contributed by atoms with Crippen LogP contribution in [0.2, 0.25) is 0 Å². The molecular formula is C15H16NO2P. The highest BCUT2D eigenvalue weighted by molar-refractivity contribution is 7.68. The molecule has 4 heteroatoms. The summed E-state index contributed by atoms with van der Waals surface area (Å²) < 4.78 is 19.2. The minimum atomic E-state index is -2.92. The van der Waals surface area contributed by atoms with Gasteiger partial charge in [0, 0.05) is 0 Å². The second-order valence-corrected chi connectivity index (χ2v) is 7.10. The lowest BCUT2D eigenvalue weighted by molar-refractivity contribution is 0.473. The number of hydrogen-bond acceptors (Lipinski definition) is 3. The third kappa shape index (κ3) is 2.04. The van der Waals surface area contributed by atoms with Crippen LogP contribution in [0.4, 0.5) is 5.69 Å². The van der Waals surface area contributed by atoms with Crippen molar-refractivity contribution in [1.82, 2.24) is 0 Å². The zero-order valence-corrected chi connectivity index (χ0v) is 11.6. The molecule has 0 saturated carbocycles. The zero-order chi connectivity index (χ0) is 13.3. The molecule has 3 nitrogen and oxygen atoms in total. The molecule has 0 spiro atoms. The Kier molecular flexibility index (Phi) is 3.08. The number of rotatable bonds is 2. The Morgan fingerprint density at radius 2 is 1.79 bits per heavy atom. The molecule has 1 heterocycles. The zero-order valence-electron chi connectivity index (χ0n) is 10.7. The Bertz CT molecular complexity index is 627. The van der Waals surface area contributed by atoms with Crippen molar-refractivity contribution < 1.29 is 9.09 Å². The largest absolute Gasteiger partial charge is 0.436 e. The van der Waals surface area contributed by atoms with Crippen LogP contribution in [0.5, 0.6) is 5.75 Å². The normalized spacial score (nSPS) is 25.0. The molecule has 0 unspecified atom stereocenters. The molecule has 2 aromatic rings. The first-order valence-electron chi connectivity index (χ1n) is 6.44. The molecule has 2 atom stereocenters. The summed E-state index contributed by atoms with van der Waals surface area (Å²) in [6.45, 7) is 2.02. The van der Waals surface area contributed by atoms with Crippen LogP contribution in [0.3, 0.4) is 0 Å². The SMILES string of the molecule is CC[C@@H]1Nc2ccccc2O[P@]1(=O)c1ccccc1. The molecule has 1 aliphatic heterocycles. The van der Waals surface area contributed by atoms with E-state index in [4.69, 9.17) is 4.52 Å². The predicted octanol–water partition coefficient (Wildman–Crippen LogP) is 3.83. The molecule has 3 rings (SSSR count). The van der Waals surface area contributed by atoms with Gasteiger partial charge in [-0.1, -0.05) is 37.3 Å². The van der Waals surface area contributed by atoms with Crippen molar-refractivity contribution in [1.29, 1.82) is 0 Å². The first-order valence-corrected chi connectivity index (χ1v) is 8.14. The summed E-state index contributed by atoms with van der Waals surface area (Å²) in [5.41, 5.74) is 0.914. The molecule has 0 aromatic heterocycles. The maximum atomic E-state index is 13.3. The summed E-state index contributed by atoms with van der Waals surface area (Å²) in [6.07, 6.45) is 0.751. The first-order chi connectivity index (χ1) is 9.24. The van der Waals surface area contributed by atoms with Crippen molar-refractivity contribution in [3.8, 4) is 5.75 Å². The molecule has 1 N–H and O–H groups in total. The van der Waals surface area contributed by atoms with Crippen LogP contribution in [-0.4, -0.2) is 5.78 Å². The van der Waals surface area contributed by atoms with Crippen LogP contribution in [-0.2, 0) is 4.57 Å². The average Bonchev–Trinajstić information content (AvgIpc) is 2.47. The van der Waals surface area contributed by atoms with E-state index in [2.05, 4.69) is 5.32 Å². The van der Waals surface area contributed by atoms with Crippen molar-refractivity contribution in [3.63, 3.8) is 0 Å². The number of nitrogens with one attached hydrogen (secondary N) is 1. The van der Waals surface area contributed by atoms with Gasteiger partial charge in [0.2, 0.25) is 0 Å². The lowest BCUT2D eigenvalue weighted by atomic mass is 10.3. The smallest absolute Gasteiger partial charge is 0.298 e. The Balaban J connectivity index is 2.09. The number of hydrogen-bond donors (Lipinski definition) is 1. The Morgan fingerprint density at radius 1 is 1.11 bits per heavy atom. The molecule has 98 valence electrons. The standard InChI is InChI=1S/C15H16NO2P/c1-2-15-16-13-10-6-7-11-14(13)18-19(15,17)12-8-4-3-5-9-12/h3-11,15-16H,2H2,1H3/t15-,19-/m1/s1. The van der Waals surface area contributed by atoms with Crippen molar-refractivity contribution >= 4 is 18.4 Å². The number of benzene rings is 2. The van der Waals surface area contributed by atoms with Gasteiger partial charge >= 0.3 is 0 Å². The van der Waals surface area contributed by atoms with Gasteiger partial charge in [0.1, 0.15) is 11.5 Å². The molecule has 0 aliphatic carbocycles. The minimum absolute atomic E-state index is 0.176. The molecule has 0 amide bonds. The average molecular weight is 273 g/mol. The third-order valence-corrected chi connectivity index (χ3v) is 6.16. The monoisotopic (exact) mass is 273 g/mol. The summed E-state index contributed by atoms with van der Waals surface area (Å²) in [5, 5.41) is 4.12. The quantitative estimate of drug-likeness (QED) is 0.845. The first kappa shape index (κ1) is 12.3. The van der Waals surface area contributed by atoms with Gasteiger partial charge < -0.3 is 9.84 Å². The number of fused-ring (bicyclic) bond motifs is 1. The molecule has 0 fully saturated rings. The van der Waals surface area contributed by atoms with Crippen molar-refractivity contribution in [2.45, 2.75) is 19.1 Å². The van der Waals surface area contributed by atoms with E-state index in [1.165, 1.54) is 0 Å². The van der Waals surface area contributed by atoms with E-state index in [1.807, 2.05) is 61.5 Å². The fourth-order valence-corrected chi connectivity index (χ4v) is 4.77. The van der Waals surface area contributed by atoms with Gasteiger partial charge in [0.15, 0.2) is 0 Å². The van der Waals surface area contributed by atoms with Gasteiger partial charge in [-0.2, -0.15) is 0 Å². The maximum Gasteiger partial charge on any atom is 0.298 e. The van der Waals surface area contributed by atoms with Crippen LogP contribution in [0.25, 0.3) is 0 Å². The Labute approximate surface area is 113 Å². The summed E-state index contributed by atoms with van der Waals surface area (Å²) in [7, 11) is -2.92. The minimum Gasteiger partial charge on any atom is -0.436 e. The highest BCUT2D eigenvalue weighted by Gasteiger charge is 2.40. The summed E-state index contributed by atoms with van der Waals surface area (Å²) in [6, 6.07) is 17.1. The molecule has 0 bridgehead atoms. The second-order valence-electron chi connectivity index (χ2n) is 4.59. The van der Waals surface area contributed by atoms with Gasteiger partial charge in [0.05, 0.1) is 11.0 Å². The van der Waals surface area contributed by atoms with Gasteiger partial charge in [0.25, 0.3) is 7.37 Å². The summed E-state index contributed by atoms with van der Waals surface area (Å²) in [4.78, 5) is 0. The fraction of sp³-hybridized carbons (Fsp3) is 0.200. The molecular weight excluding hydrogens is 257 g/mol. The lowest BCUT2D eigenvalue weighted by Crippen LogP contribution is -2.31. The van der Waals surface area contributed by atoms with E-state index >= 15 is 0 Å². The predicted molar refractivity (Wildman–Crippen MR) is 78.5 cm³/mol. The van der Waals surface area contributed by atoms with Gasteiger partial charge in [-0.3, -0.25) is 4.57 Å². The number of para-hydroxylation sites is 2. The van der Waals surface area contributed by atoms with E-state index in [1.54, 1.807) is 0 Å². The van der Waals surface area contributed by atoms with Crippen LogP contribution in [0.1, 0.15) is 13.3 Å². The van der Waals surface area contributed by atoms with E-state index in [9.17, 15) is 4.57 Å². The van der Waals surface area contributed by atoms with Crippen molar-refractivity contribution in [2.24, 2.45) is 0 Å². The Morgan fingerprint density at radius 3 is 2.53 bits per heavy atom. The fourth-order valence-electron chi connectivity index (χ4n) is 2.35. The van der Waals surface area contributed by atoms with Gasteiger partial charge in [-0.15, -0.1) is 0 Å². The highest BCUT2D eigenvalue weighted by atomic mass is 31.2. The van der Waals surface area contributed by atoms with Gasteiger partial charge in [-0.25, -0.2) is 0 Å². The van der Waals surface area contributed by atoms with Crippen LogP contribution in [0.15, 0.2) is 54.6 Å². The van der Waals surface area contributed by atoms with Crippen molar-refractivity contribution in [3.05, 3.63) is 54.6 Å². The highest BCUT2D eigenvalue weighted by Crippen LogP contribution is 2.56. The molecule has 19 heavy (non-hydrogen) atoms. The van der Waals surface area contributed by atoms with Crippen LogP contribution < -0.4 is 15.1 Å². The maximum absolute atomic E-state index is 13.3. The van der Waals surface area contributed by atoms with E-state index < -0.39 is 7.37 Å². The molecule has 0 saturated heterocycles. The van der Waals surface area contributed by atoms with E-state index in [-0.39, 0.29) is 5.78 Å². The summed E-state index contributed by atoms with van der Waals surface area (Å²) in [5.74, 6) is 0.490. The topological polar surface area (TPSA) is 38.3 Å². The van der Waals surface area contributed by atoms with Gasteiger partial charge in [-0.05, 0) is 30.7 Å². The summed E-state index contributed by atoms with van der Waals surface area (Å²) >= 11 is 0. The Hall–Kier alpha value is -1.73. The molecule has 0 radical (unpaired) electrons. The van der Waals surface area contributed by atoms with Crippen LogP contribution >= 0.6 is 7.37 Å². The van der Waals surface area contributed by atoms with Crippen molar-refractivity contribution in [2.75, 3.05) is 5.32 Å². The third-order valence-electron chi connectivity index (χ3n) is 3.36. The molecule has 2 aromatic carbocycles. The molecule has 1 aliphatic rings. The second kappa shape index (κ2) is 4.75. The van der Waals surface area contributed by atoms with E-state index in [0.717, 1.165) is 17.4 Å².